The molecule has 0 spiro atoms. The maximum Gasteiger partial charge on any atom is 0.115 e. The molecule has 0 saturated heterocycles. The van der Waals surface area contributed by atoms with Gasteiger partial charge >= 0.3 is 0 Å². The topological polar surface area (TPSA) is 20.2 Å². The molecule has 1 aromatic carbocycles. The summed E-state index contributed by atoms with van der Waals surface area (Å²) >= 11 is 0. The molecule has 0 fully saturated rings. The highest BCUT2D eigenvalue weighted by atomic mass is 16.3. The average Bonchev–Trinajstić information content (AvgIpc) is 2.52. The number of phenols is 1. The van der Waals surface area contributed by atoms with E-state index in [0.29, 0.717) is 5.75 Å². The van der Waals surface area contributed by atoms with Crippen LogP contribution in [0.25, 0.3) is 0 Å². The molecule has 122 valence electrons. The summed E-state index contributed by atoms with van der Waals surface area (Å²) in [5, 5.41) is 9.40. The quantitative estimate of drug-likeness (QED) is 0.341. The second-order valence-corrected chi connectivity index (χ2v) is 5.93. The lowest BCUT2D eigenvalue weighted by Crippen LogP contribution is -1.84. The molecule has 0 saturated carbocycles. The number of rotatable bonds is 12. The smallest absolute Gasteiger partial charge is 0.115 e. The van der Waals surface area contributed by atoms with Crippen molar-refractivity contribution >= 4 is 0 Å². The number of hydrogen-bond donors (Lipinski definition) is 1. The molecule has 0 radical (unpaired) electrons. The van der Waals surface area contributed by atoms with Crippen molar-refractivity contribution < 1.29 is 5.11 Å². The van der Waals surface area contributed by atoms with E-state index in [1.165, 1.54) is 63.4 Å². The number of hydrogen-bond acceptors (Lipinski definition) is 1. The van der Waals surface area contributed by atoms with Gasteiger partial charge in [0.05, 0.1) is 0 Å². The van der Waals surface area contributed by atoms with E-state index in [9.17, 15) is 5.11 Å². The van der Waals surface area contributed by atoms with Crippen LogP contribution in [0.1, 0.15) is 70.3 Å². The third-order valence-corrected chi connectivity index (χ3v) is 3.80. The molecule has 0 aromatic heterocycles. The fourth-order valence-electron chi connectivity index (χ4n) is 2.45. The molecule has 1 nitrogen and oxygen atoms in total. The molecule has 0 heterocycles. The van der Waals surface area contributed by atoms with Gasteiger partial charge in [0.25, 0.3) is 0 Å². The van der Waals surface area contributed by atoms with Gasteiger partial charge in [-0.25, -0.2) is 0 Å². The molecule has 1 heteroatoms. The summed E-state index contributed by atoms with van der Waals surface area (Å²) in [7, 11) is 0. The maximum atomic E-state index is 9.40. The van der Waals surface area contributed by atoms with E-state index in [1.54, 1.807) is 6.07 Å². The number of allylic oxidation sites excluding steroid dienone is 4. The molecule has 1 N–H and O–H groups in total. The van der Waals surface area contributed by atoms with Crippen molar-refractivity contribution in [2.24, 2.45) is 0 Å². The van der Waals surface area contributed by atoms with Gasteiger partial charge in [0.15, 0.2) is 0 Å². The van der Waals surface area contributed by atoms with Gasteiger partial charge in [-0.2, -0.15) is 0 Å². The predicted octanol–water partition coefficient (Wildman–Crippen LogP) is 6.58. The molecule has 0 unspecified atom stereocenters. The number of aryl methyl sites for hydroxylation is 1. The van der Waals surface area contributed by atoms with Crippen molar-refractivity contribution in [2.75, 3.05) is 0 Å². The third-order valence-electron chi connectivity index (χ3n) is 3.80. The van der Waals surface area contributed by atoms with Crippen LogP contribution in [0, 0.1) is 0 Å². The normalized spacial score (nSPS) is 11.7. The van der Waals surface area contributed by atoms with E-state index in [0.717, 1.165) is 6.42 Å². The summed E-state index contributed by atoms with van der Waals surface area (Å²) in [5.41, 5.74) is 1.24. The van der Waals surface area contributed by atoms with Crippen molar-refractivity contribution in [1.82, 2.24) is 0 Å². The molecule has 0 aliphatic heterocycles. The predicted molar refractivity (Wildman–Crippen MR) is 97.3 cm³/mol. The van der Waals surface area contributed by atoms with Crippen LogP contribution in [0.4, 0.5) is 0 Å². The van der Waals surface area contributed by atoms with Crippen LogP contribution in [-0.4, -0.2) is 5.11 Å². The Hall–Kier alpha value is -1.50. The Bertz CT molecular complexity index is 431. The first-order chi connectivity index (χ1) is 10.8. The van der Waals surface area contributed by atoms with Crippen molar-refractivity contribution in [2.45, 2.75) is 71.1 Å². The van der Waals surface area contributed by atoms with Crippen molar-refractivity contribution in [3.8, 4) is 5.75 Å². The van der Waals surface area contributed by atoms with E-state index in [2.05, 4.69) is 37.3 Å². The lowest BCUT2D eigenvalue weighted by Gasteiger charge is -2.01. The lowest BCUT2D eigenvalue weighted by molar-refractivity contribution is 0.474. The van der Waals surface area contributed by atoms with Crippen molar-refractivity contribution in [3.05, 3.63) is 54.1 Å². The number of phenolic OH excluding ortho intramolecular Hbond substituents is 1. The van der Waals surface area contributed by atoms with E-state index in [4.69, 9.17) is 0 Å². The number of aromatic hydroxyl groups is 1. The van der Waals surface area contributed by atoms with Crippen LogP contribution in [0.2, 0.25) is 0 Å². The van der Waals surface area contributed by atoms with E-state index < -0.39 is 0 Å². The van der Waals surface area contributed by atoms with Gasteiger partial charge in [0.2, 0.25) is 0 Å². The number of benzene rings is 1. The Kier molecular flexibility index (Phi) is 11.1. The zero-order valence-electron chi connectivity index (χ0n) is 14.1. The van der Waals surface area contributed by atoms with Gasteiger partial charge in [0.1, 0.15) is 5.75 Å². The minimum Gasteiger partial charge on any atom is -0.508 e. The van der Waals surface area contributed by atoms with Gasteiger partial charge in [-0.15, -0.1) is 0 Å². The summed E-state index contributed by atoms with van der Waals surface area (Å²) in [6, 6.07) is 7.60. The Labute approximate surface area is 136 Å². The first-order valence-electron chi connectivity index (χ1n) is 8.91. The molecular weight excluding hydrogens is 268 g/mol. The molecular formula is C21H32O. The Balaban J connectivity index is 1.93. The molecule has 0 amide bonds. The molecule has 22 heavy (non-hydrogen) atoms. The highest BCUT2D eigenvalue weighted by molar-refractivity contribution is 5.27. The monoisotopic (exact) mass is 300 g/mol. The summed E-state index contributed by atoms with van der Waals surface area (Å²) in [5.74, 6) is 0.376. The van der Waals surface area contributed by atoms with Gasteiger partial charge in [-0.3, -0.25) is 0 Å². The molecule has 0 atom stereocenters. The van der Waals surface area contributed by atoms with Crippen LogP contribution in [0.15, 0.2) is 48.6 Å². The van der Waals surface area contributed by atoms with E-state index >= 15 is 0 Å². The molecule has 0 bridgehead atoms. The largest absolute Gasteiger partial charge is 0.508 e. The van der Waals surface area contributed by atoms with Crippen LogP contribution in [0.5, 0.6) is 5.75 Å². The summed E-state index contributed by atoms with van der Waals surface area (Å²) < 4.78 is 0. The minimum atomic E-state index is 0.376. The summed E-state index contributed by atoms with van der Waals surface area (Å²) in [6.45, 7) is 2.24. The summed E-state index contributed by atoms with van der Waals surface area (Å²) in [4.78, 5) is 0. The van der Waals surface area contributed by atoms with Crippen molar-refractivity contribution in [3.63, 3.8) is 0 Å². The third kappa shape index (κ3) is 10.3. The first kappa shape index (κ1) is 18.5. The minimum absolute atomic E-state index is 0.376. The highest BCUT2D eigenvalue weighted by Crippen LogP contribution is 2.13. The fourth-order valence-corrected chi connectivity index (χ4v) is 2.45. The SMILES string of the molecule is CCCC/C=C/CCC/C=C/CCCCc1cccc(O)c1. The molecule has 0 aliphatic carbocycles. The van der Waals surface area contributed by atoms with E-state index in [-0.39, 0.29) is 0 Å². The second-order valence-electron chi connectivity index (χ2n) is 5.93. The van der Waals surface area contributed by atoms with Gasteiger partial charge in [-0.1, -0.05) is 56.2 Å². The Morgan fingerprint density at radius 1 is 0.818 bits per heavy atom. The van der Waals surface area contributed by atoms with Gasteiger partial charge in [0, 0.05) is 0 Å². The van der Waals surface area contributed by atoms with Crippen LogP contribution in [-0.2, 0) is 6.42 Å². The van der Waals surface area contributed by atoms with Gasteiger partial charge < -0.3 is 5.11 Å². The lowest BCUT2D eigenvalue weighted by atomic mass is 10.1. The number of unbranched alkanes of at least 4 members (excludes halogenated alkanes) is 6. The second kappa shape index (κ2) is 13.2. The zero-order chi connectivity index (χ0) is 15.9. The molecule has 0 aliphatic rings. The fraction of sp³-hybridized carbons (Fsp3) is 0.524. The van der Waals surface area contributed by atoms with Crippen LogP contribution < -0.4 is 0 Å². The standard InChI is InChI=1S/C21H32O/c1-2-3-4-5-6-7-8-9-10-11-12-13-14-16-20-17-15-18-21(22)19-20/h5-6,10-11,15,17-19,22H,2-4,7-9,12-14,16H2,1H3/b6-5+,11-10+. The molecule has 1 rings (SSSR count). The van der Waals surface area contributed by atoms with Crippen LogP contribution >= 0.6 is 0 Å². The highest BCUT2D eigenvalue weighted by Gasteiger charge is 1.94. The van der Waals surface area contributed by atoms with Crippen LogP contribution in [0.3, 0.4) is 0 Å². The summed E-state index contributed by atoms with van der Waals surface area (Å²) in [6.07, 6.45) is 21.5. The van der Waals surface area contributed by atoms with Crippen molar-refractivity contribution in [1.29, 1.82) is 0 Å². The maximum absolute atomic E-state index is 9.40. The van der Waals surface area contributed by atoms with Gasteiger partial charge in [-0.05, 0) is 69.1 Å². The average molecular weight is 300 g/mol. The molecule has 1 aromatic rings. The van der Waals surface area contributed by atoms with E-state index in [1.807, 2.05) is 12.1 Å². The first-order valence-corrected chi connectivity index (χ1v) is 8.91. The Morgan fingerprint density at radius 2 is 1.45 bits per heavy atom. The zero-order valence-corrected chi connectivity index (χ0v) is 14.1. The Morgan fingerprint density at radius 3 is 2.09 bits per heavy atom.